The van der Waals surface area contributed by atoms with Crippen LogP contribution in [0.4, 0.5) is 5.69 Å². The van der Waals surface area contributed by atoms with Crippen LogP contribution in [0.3, 0.4) is 0 Å². The number of hydrogen-bond donors (Lipinski definition) is 1. The Bertz CT molecular complexity index is 1110. The van der Waals surface area contributed by atoms with Gasteiger partial charge in [0, 0.05) is 17.5 Å². The summed E-state index contributed by atoms with van der Waals surface area (Å²) in [6, 6.07) is 13.5. The van der Waals surface area contributed by atoms with Crippen LogP contribution in [0.15, 0.2) is 41.5 Å². The number of aromatic carboxylic acids is 1. The average Bonchev–Trinajstić information content (AvgIpc) is 3.45. The first kappa shape index (κ1) is 19.6. The van der Waals surface area contributed by atoms with Gasteiger partial charge in [0.15, 0.2) is 0 Å². The summed E-state index contributed by atoms with van der Waals surface area (Å²) in [7, 11) is 1.58. The molecule has 0 saturated heterocycles. The van der Waals surface area contributed by atoms with Crippen molar-refractivity contribution in [3.8, 4) is 11.8 Å². The van der Waals surface area contributed by atoms with Gasteiger partial charge in [0.25, 0.3) is 0 Å². The number of carbonyl (C=O) groups is 1. The molecule has 1 heterocycles. The molecule has 2 unspecified atom stereocenters. The van der Waals surface area contributed by atoms with Gasteiger partial charge in [-0.3, -0.25) is 5.01 Å². The molecule has 2 atom stereocenters. The van der Waals surface area contributed by atoms with Gasteiger partial charge >= 0.3 is 5.97 Å². The molecule has 158 valence electrons. The minimum atomic E-state index is -0.895. The van der Waals surface area contributed by atoms with Crippen molar-refractivity contribution < 1.29 is 14.6 Å². The van der Waals surface area contributed by atoms with Crippen LogP contribution in [-0.2, 0) is 6.42 Å². The normalized spacial score (nSPS) is 22.5. The average molecular weight is 415 g/mol. The van der Waals surface area contributed by atoms with Gasteiger partial charge in [0.05, 0.1) is 35.7 Å². The van der Waals surface area contributed by atoms with Crippen molar-refractivity contribution in [1.82, 2.24) is 0 Å². The lowest BCUT2D eigenvalue weighted by Crippen LogP contribution is -2.40. The zero-order chi connectivity index (χ0) is 21.5. The summed E-state index contributed by atoms with van der Waals surface area (Å²) in [5, 5.41) is 26.0. The standard InChI is InChI=1S/C25H25N3O3/c1-31-22-13-19(9-6-18(22)14-26)28-24(15-4-2-3-5-15)21-11-7-16-12-17(25(29)30)8-10-20(16)23(21)27-28/h6,8-10,12-13,15,21,24H,2-5,7,11H2,1H3,(H,29,30). The monoisotopic (exact) mass is 415 g/mol. The van der Waals surface area contributed by atoms with Crippen molar-refractivity contribution in [2.24, 2.45) is 16.9 Å². The lowest BCUT2D eigenvalue weighted by molar-refractivity contribution is 0.0696. The number of nitrogens with zero attached hydrogens (tertiary/aromatic N) is 3. The summed E-state index contributed by atoms with van der Waals surface area (Å²) in [6.45, 7) is 0. The fourth-order valence-electron chi connectivity index (χ4n) is 5.62. The number of hydrazone groups is 1. The van der Waals surface area contributed by atoms with Crippen LogP contribution in [0.1, 0.15) is 59.2 Å². The Balaban J connectivity index is 1.59. The number of fused-ring (bicyclic) bond motifs is 3. The van der Waals surface area contributed by atoms with E-state index in [1.807, 2.05) is 18.2 Å². The van der Waals surface area contributed by atoms with Crippen LogP contribution < -0.4 is 9.75 Å². The highest BCUT2D eigenvalue weighted by molar-refractivity contribution is 6.07. The van der Waals surface area contributed by atoms with E-state index < -0.39 is 5.97 Å². The van der Waals surface area contributed by atoms with Gasteiger partial charge in [-0.05, 0) is 61.4 Å². The molecule has 6 heteroatoms. The van der Waals surface area contributed by atoms with E-state index in [1.165, 1.54) is 25.7 Å². The SMILES string of the molecule is COc1cc(N2N=C3c4ccc(C(=O)O)cc4CCC3C2C2CCCC2)ccc1C#N. The van der Waals surface area contributed by atoms with Gasteiger partial charge < -0.3 is 9.84 Å². The van der Waals surface area contributed by atoms with Crippen LogP contribution in [0, 0.1) is 23.2 Å². The molecule has 0 radical (unpaired) electrons. The zero-order valence-electron chi connectivity index (χ0n) is 17.5. The second-order valence-electron chi connectivity index (χ2n) is 8.68. The van der Waals surface area contributed by atoms with E-state index >= 15 is 0 Å². The van der Waals surface area contributed by atoms with Gasteiger partial charge in [-0.15, -0.1) is 0 Å². The molecule has 1 saturated carbocycles. The fraction of sp³-hybridized carbons (Fsp3) is 0.400. The van der Waals surface area contributed by atoms with Crippen molar-refractivity contribution in [1.29, 1.82) is 5.26 Å². The molecule has 3 aliphatic rings. The quantitative estimate of drug-likeness (QED) is 0.788. The van der Waals surface area contributed by atoms with Crippen LogP contribution in [-0.4, -0.2) is 29.9 Å². The van der Waals surface area contributed by atoms with Gasteiger partial charge in [-0.1, -0.05) is 18.9 Å². The molecule has 2 aromatic carbocycles. The number of carboxylic acids is 1. The molecule has 2 aromatic rings. The van der Waals surface area contributed by atoms with Crippen LogP contribution in [0.25, 0.3) is 0 Å². The molecule has 5 rings (SSSR count). The summed E-state index contributed by atoms with van der Waals surface area (Å²) >= 11 is 0. The summed E-state index contributed by atoms with van der Waals surface area (Å²) in [5.74, 6) is 0.570. The molecule has 1 aliphatic heterocycles. The van der Waals surface area contributed by atoms with Gasteiger partial charge in [0.2, 0.25) is 0 Å². The number of anilines is 1. The van der Waals surface area contributed by atoms with Crippen LogP contribution in [0.5, 0.6) is 5.75 Å². The predicted molar refractivity (Wildman–Crippen MR) is 118 cm³/mol. The molecule has 0 spiro atoms. The molecule has 1 fully saturated rings. The van der Waals surface area contributed by atoms with Crippen molar-refractivity contribution in [2.45, 2.75) is 44.6 Å². The third kappa shape index (κ3) is 3.25. The Morgan fingerprint density at radius 2 is 2.00 bits per heavy atom. The second kappa shape index (κ2) is 7.73. The van der Waals surface area contributed by atoms with Crippen molar-refractivity contribution in [3.63, 3.8) is 0 Å². The van der Waals surface area contributed by atoms with E-state index in [2.05, 4.69) is 11.1 Å². The highest BCUT2D eigenvalue weighted by atomic mass is 16.5. The molecule has 0 bridgehead atoms. The Morgan fingerprint density at radius 1 is 1.19 bits per heavy atom. The minimum absolute atomic E-state index is 0.280. The highest BCUT2D eigenvalue weighted by Crippen LogP contribution is 2.45. The molecule has 0 amide bonds. The number of ether oxygens (including phenoxy) is 1. The third-order valence-electron chi connectivity index (χ3n) is 7.07. The lowest BCUT2D eigenvalue weighted by Gasteiger charge is -2.34. The van der Waals surface area contributed by atoms with E-state index in [0.29, 0.717) is 28.7 Å². The maximum absolute atomic E-state index is 11.4. The van der Waals surface area contributed by atoms with Gasteiger partial charge in [0.1, 0.15) is 11.8 Å². The molecule has 31 heavy (non-hydrogen) atoms. The maximum Gasteiger partial charge on any atom is 0.335 e. The zero-order valence-corrected chi connectivity index (χ0v) is 17.5. The van der Waals surface area contributed by atoms with E-state index in [0.717, 1.165) is 35.4 Å². The molecule has 0 aromatic heterocycles. The van der Waals surface area contributed by atoms with Gasteiger partial charge in [-0.2, -0.15) is 10.4 Å². The number of methoxy groups -OCH3 is 1. The molecular weight excluding hydrogens is 390 g/mol. The maximum atomic E-state index is 11.4. The van der Waals surface area contributed by atoms with Gasteiger partial charge in [-0.25, -0.2) is 4.79 Å². The molecule has 2 aliphatic carbocycles. The Morgan fingerprint density at radius 3 is 2.71 bits per heavy atom. The van der Waals surface area contributed by atoms with E-state index in [9.17, 15) is 15.2 Å². The summed E-state index contributed by atoms with van der Waals surface area (Å²) < 4.78 is 5.45. The second-order valence-corrected chi connectivity index (χ2v) is 8.68. The Labute approximate surface area is 181 Å². The number of rotatable bonds is 4. The van der Waals surface area contributed by atoms with Crippen molar-refractivity contribution in [2.75, 3.05) is 12.1 Å². The smallest absolute Gasteiger partial charge is 0.335 e. The lowest BCUT2D eigenvalue weighted by atomic mass is 9.75. The number of carboxylic acid groups (broad SMARTS) is 1. The molecule has 1 N–H and O–H groups in total. The topological polar surface area (TPSA) is 85.9 Å². The fourth-order valence-corrected chi connectivity index (χ4v) is 5.62. The number of hydrogen-bond acceptors (Lipinski definition) is 5. The van der Waals surface area contributed by atoms with E-state index in [4.69, 9.17) is 9.84 Å². The molecule has 6 nitrogen and oxygen atoms in total. The minimum Gasteiger partial charge on any atom is -0.495 e. The first-order chi connectivity index (χ1) is 15.1. The number of benzene rings is 2. The highest BCUT2D eigenvalue weighted by Gasteiger charge is 2.45. The van der Waals surface area contributed by atoms with Crippen molar-refractivity contribution in [3.05, 3.63) is 58.7 Å². The largest absolute Gasteiger partial charge is 0.495 e. The van der Waals surface area contributed by atoms with Crippen LogP contribution >= 0.6 is 0 Å². The number of aryl methyl sites for hydroxylation is 1. The summed E-state index contributed by atoms with van der Waals surface area (Å²) in [6.07, 6.45) is 6.77. The van der Waals surface area contributed by atoms with Crippen molar-refractivity contribution >= 4 is 17.4 Å². The first-order valence-corrected chi connectivity index (χ1v) is 10.9. The number of nitriles is 1. The summed E-state index contributed by atoms with van der Waals surface area (Å²) in [5.41, 5.74) is 5.00. The van der Waals surface area contributed by atoms with Crippen LogP contribution in [0.2, 0.25) is 0 Å². The first-order valence-electron chi connectivity index (χ1n) is 10.9. The Hall–Kier alpha value is -3.33. The van der Waals surface area contributed by atoms with E-state index in [-0.39, 0.29) is 6.04 Å². The summed E-state index contributed by atoms with van der Waals surface area (Å²) in [4.78, 5) is 11.4. The molecular formula is C25H25N3O3. The third-order valence-corrected chi connectivity index (χ3v) is 7.07. The predicted octanol–water partition coefficient (Wildman–Crippen LogP) is 4.61. The van der Waals surface area contributed by atoms with E-state index in [1.54, 1.807) is 25.3 Å². The Kier molecular flexibility index (Phi) is 4.90.